The summed E-state index contributed by atoms with van der Waals surface area (Å²) in [7, 11) is -3.45. The van der Waals surface area contributed by atoms with Crippen LogP contribution in [0.3, 0.4) is 0 Å². The molecule has 0 atom stereocenters. The van der Waals surface area contributed by atoms with Gasteiger partial charge in [0.25, 0.3) is 11.5 Å². The molecule has 1 aromatic heterocycles. The Morgan fingerprint density at radius 3 is 2.22 bits per heavy atom. The highest BCUT2D eigenvalue weighted by molar-refractivity contribution is 7.90. The number of nitrogens with two attached hydrogens (primary N) is 1. The fourth-order valence-corrected chi connectivity index (χ4v) is 3.60. The van der Waals surface area contributed by atoms with Crippen molar-refractivity contribution in [3.05, 3.63) is 92.3 Å². The lowest BCUT2D eigenvalue weighted by molar-refractivity contribution is -0.137. The molecule has 0 aliphatic carbocycles. The number of nitrogens with zero attached hydrogens (tertiary/aromatic N) is 2. The van der Waals surface area contributed by atoms with Crippen LogP contribution >= 0.6 is 0 Å². The molecule has 2 N–H and O–H groups in total. The van der Waals surface area contributed by atoms with E-state index in [9.17, 15) is 36.0 Å². The second-order valence-corrected chi connectivity index (χ2v) is 8.94. The van der Waals surface area contributed by atoms with Crippen molar-refractivity contribution in [2.75, 3.05) is 6.26 Å². The maximum Gasteiger partial charge on any atom is 0.416 e. The monoisotopic (exact) mass is 467 g/mol. The van der Waals surface area contributed by atoms with Gasteiger partial charge < -0.3 is 5.73 Å². The zero-order chi connectivity index (χ0) is 23.8. The van der Waals surface area contributed by atoms with E-state index >= 15 is 0 Å². The first-order valence-corrected chi connectivity index (χ1v) is 10.8. The van der Waals surface area contributed by atoms with Gasteiger partial charge in [-0.15, -0.1) is 0 Å². The molecular formula is C20H16F3N3O5S. The van der Waals surface area contributed by atoms with Gasteiger partial charge in [0.05, 0.1) is 22.7 Å². The lowest BCUT2D eigenvalue weighted by atomic mass is 10.2. The van der Waals surface area contributed by atoms with E-state index in [4.69, 9.17) is 5.73 Å². The number of hydrogen-bond acceptors (Lipinski definition) is 5. The van der Waals surface area contributed by atoms with Gasteiger partial charge in [-0.25, -0.2) is 17.8 Å². The van der Waals surface area contributed by atoms with Crippen LogP contribution in [-0.4, -0.2) is 29.7 Å². The van der Waals surface area contributed by atoms with Crippen molar-refractivity contribution >= 4 is 15.7 Å². The van der Waals surface area contributed by atoms with Crippen molar-refractivity contribution in [2.24, 2.45) is 5.73 Å². The van der Waals surface area contributed by atoms with Crippen LogP contribution in [0.15, 0.2) is 69.2 Å². The second kappa shape index (κ2) is 8.11. The minimum absolute atomic E-state index is 0.0420. The molecule has 0 radical (unpaired) electrons. The standard InChI is InChI=1S/C20H16F3N3O5S/c1-32(30,31)15-7-5-12(6-8-15)10-25-11-16(17(24)27)18(28)26(19(25)29)14-4-2-3-13(9-14)20(21,22)23/h2-9,11H,10H2,1H3,(H2,24,27). The smallest absolute Gasteiger partial charge is 0.365 e. The fourth-order valence-electron chi connectivity index (χ4n) is 2.97. The Morgan fingerprint density at radius 1 is 1.06 bits per heavy atom. The van der Waals surface area contributed by atoms with Gasteiger partial charge in [0.1, 0.15) is 5.56 Å². The summed E-state index contributed by atoms with van der Waals surface area (Å²) < 4.78 is 63.8. The van der Waals surface area contributed by atoms with Crippen LogP contribution < -0.4 is 17.0 Å². The summed E-state index contributed by atoms with van der Waals surface area (Å²) in [5, 5.41) is 0. The molecule has 0 unspecified atom stereocenters. The van der Waals surface area contributed by atoms with Crippen molar-refractivity contribution in [3.63, 3.8) is 0 Å². The van der Waals surface area contributed by atoms with Crippen molar-refractivity contribution < 1.29 is 26.4 Å². The van der Waals surface area contributed by atoms with Gasteiger partial charge in [0.15, 0.2) is 9.84 Å². The highest BCUT2D eigenvalue weighted by Gasteiger charge is 2.31. The number of carbonyl (C=O) groups excluding carboxylic acids is 1. The number of hydrogen-bond donors (Lipinski definition) is 1. The van der Waals surface area contributed by atoms with Gasteiger partial charge in [-0.3, -0.25) is 14.2 Å². The van der Waals surface area contributed by atoms with Crippen molar-refractivity contribution in [3.8, 4) is 5.69 Å². The van der Waals surface area contributed by atoms with E-state index in [-0.39, 0.29) is 17.1 Å². The van der Waals surface area contributed by atoms with Gasteiger partial charge in [0, 0.05) is 12.5 Å². The summed E-state index contributed by atoms with van der Waals surface area (Å²) >= 11 is 0. The maximum atomic E-state index is 13.1. The normalized spacial score (nSPS) is 12.0. The molecule has 168 valence electrons. The molecule has 2 aromatic carbocycles. The molecule has 1 heterocycles. The van der Waals surface area contributed by atoms with Crippen LogP contribution in [0.25, 0.3) is 5.69 Å². The molecule has 0 fully saturated rings. The Labute approximate surface area is 179 Å². The van der Waals surface area contributed by atoms with Gasteiger partial charge in [-0.05, 0) is 35.9 Å². The van der Waals surface area contributed by atoms with Crippen LogP contribution in [-0.2, 0) is 22.6 Å². The van der Waals surface area contributed by atoms with Crippen LogP contribution in [0.4, 0.5) is 13.2 Å². The van der Waals surface area contributed by atoms with E-state index in [0.29, 0.717) is 16.2 Å². The summed E-state index contributed by atoms with van der Waals surface area (Å²) in [4.78, 5) is 37.4. The third kappa shape index (κ3) is 4.64. The number of aromatic nitrogens is 2. The fraction of sp³-hybridized carbons (Fsp3) is 0.150. The molecule has 3 rings (SSSR count). The number of carbonyl (C=O) groups is 1. The number of sulfone groups is 1. The summed E-state index contributed by atoms with van der Waals surface area (Å²) in [6.07, 6.45) is -2.78. The zero-order valence-electron chi connectivity index (χ0n) is 16.5. The Bertz CT molecular complexity index is 1420. The molecule has 3 aromatic rings. The van der Waals surface area contributed by atoms with Gasteiger partial charge >= 0.3 is 11.9 Å². The van der Waals surface area contributed by atoms with Crippen LogP contribution in [0.1, 0.15) is 21.5 Å². The SMILES string of the molecule is CS(=O)(=O)c1ccc(Cn2cc(C(N)=O)c(=O)n(-c3cccc(C(F)(F)F)c3)c2=O)cc1. The number of alkyl halides is 3. The number of primary amides is 1. The molecule has 0 saturated heterocycles. The Balaban J connectivity index is 2.18. The molecule has 0 bridgehead atoms. The number of halogens is 3. The lowest BCUT2D eigenvalue weighted by Crippen LogP contribution is -2.42. The summed E-state index contributed by atoms with van der Waals surface area (Å²) in [5.41, 5.74) is 1.41. The van der Waals surface area contributed by atoms with Crippen molar-refractivity contribution in [1.82, 2.24) is 9.13 Å². The first-order chi connectivity index (χ1) is 14.8. The van der Waals surface area contributed by atoms with Gasteiger partial charge in [-0.2, -0.15) is 13.2 Å². The summed E-state index contributed by atoms with van der Waals surface area (Å²) in [6.45, 7) is -0.206. The average molecular weight is 467 g/mol. The van der Waals surface area contributed by atoms with E-state index in [1.165, 1.54) is 24.3 Å². The van der Waals surface area contributed by atoms with Crippen LogP contribution in [0.5, 0.6) is 0 Å². The molecule has 0 saturated carbocycles. The largest absolute Gasteiger partial charge is 0.416 e. The Kier molecular flexibility index (Phi) is 5.83. The van der Waals surface area contributed by atoms with E-state index in [1.54, 1.807) is 0 Å². The predicted molar refractivity (Wildman–Crippen MR) is 108 cm³/mol. The van der Waals surface area contributed by atoms with Crippen molar-refractivity contribution in [1.29, 1.82) is 0 Å². The van der Waals surface area contributed by atoms with Crippen LogP contribution in [0, 0.1) is 0 Å². The molecule has 12 heteroatoms. The maximum absolute atomic E-state index is 13.1. The van der Waals surface area contributed by atoms with Crippen LogP contribution in [0.2, 0.25) is 0 Å². The first-order valence-electron chi connectivity index (χ1n) is 8.92. The number of amides is 1. The highest BCUT2D eigenvalue weighted by Crippen LogP contribution is 2.29. The van der Waals surface area contributed by atoms with Gasteiger partial charge in [-0.1, -0.05) is 18.2 Å². The predicted octanol–water partition coefficient (Wildman–Crippen LogP) is 1.57. The van der Waals surface area contributed by atoms with E-state index in [1.807, 2.05) is 0 Å². The average Bonchev–Trinajstić information content (AvgIpc) is 2.69. The minimum Gasteiger partial charge on any atom is -0.365 e. The Hall–Kier alpha value is -3.67. The van der Waals surface area contributed by atoms with E-state index in [0.717, 1.165) is 35.2 Å². The molecule has 32 heavy (non-hydrogen) atoms. The minimum atomic E-state index is -4.72. The molecule has 0 spiro atoms. The quantitative estimate of drug-likeness (QED) is 0.611. The summed E-state index contributed by atoms with van der Waals surface area (Å²) in [6, 6.07) is 9.00. The van der Waals surface area contributed by atoms with Crippen molar-refractivity contribution in [2.45, 2.75) is 17.6 Å². The molecule has 1 amide bonds. The molecule has 0 aliphatic rings. The zero-order valence-corrected chi connectivity index (χ0v) is 17.3. The number of benzene rings is 2. The Morgan fingerprint density at radius 2 is 1.69 bits per heavy atom. The number of rotatable bonds is 5. The van der Waals surface area contributed by atoms with E-state index < -0.39 is 44.3 Å². The van der Waals surface area contributed by atoms with E-state index in [2.05, 4.69) is 0 Å². The summed E-state index contributed by atoms with van der Waals surface area (Å²) in [5.74, 6) is -1.17. The lowest BCUT2D eigenvalue weighted by Gasteiger charge is -2.14. The molecular weight excluding hydrogens is 451 g/mol. The third-order valence-corrected chi connectivity index (χ3v) is 5.69. The molecule has 8 nitrogen and oxygen atoms in total. The second-order valence-electron chi connectivity index (χ2n) is 6.92. The first kappa shape index (κ1) is 23.0. The van der Waals surface area contributed by atoms with Gasteiger partial charge in [0.2, 0.25) is 0 Å². The highest BCUT2D eigenvalue weighted by atomic mass is 32.2. The third-order valence-electron chi connectivity index (χ3n) is 4.56. The molecule has 0 aliphatic heterocycles. The topological polar surface area (TPSA) is 121 Å².